The number of phenols is 1. The fourth-order valence-corrected chi connectivity index (χ4v) is 2.96. The van der Waals surface area contributed by atoms with Crippen molar-refractivity contribution < 1.29 is 28.9 Å². The molecule has 27 heavy (non-hydrogen) atoms. The summed E-state index contributed by atoms with van der Waals surface area (Å²) in [6, 6.07) is 4.77. The molecule has 0 atom stereocenters. The summed E-state index contributed by atoms with van der Waals surface area (Å²) in [5, 5.41) is 11.3. The Morgan fingerprint density at radius 3 is 2.30 bits per heavy atom. The van der Waals surface area contributed by atoms with Gasteiger partial charge in [0.2, 0.25) is 0 Å². The Morgan fingerprint density at radius 2 is 1.78 bits per heavy atom. The SMILES string of the molecule is COC(=O)c1c(O)cc2cc(C#C[Si](C)(C)C)c(OC)cc2c1OC(C)=O. The van der Waals surface area contributed by atoms with Crippen LogP contribution in [0, 0.1) is 11.5 Å². The van der Waals surface area contributed by atoms with Crippen LogP contribution in [0.4, 0.5) is 0 Å². The van der Waals surface area contributed by atoms with E-state index in [1.54, 1.807) is 12.1 Å². The lowest BCUT2D eigenvalue weighted by molar-refractivity contribution is -0.131. The van der Waals surface area contributed by atoms with Crippen molar-refractivity contribution in [2.24, 2.45) is 0 Å². The number of carbonyl (C=O) groups excluding carboxylic acids is 2. The van der Waals surface area contributed by atoms with Gasteiger partial charge in [0.15, 0.2) is 5.75 Å². The molecule has 2 aromatic rings. The molecule has 0 unspecified atom stereocenters. The molecule has 0 saturated carbocycles. The molecule has 0 bridgehead atoms. The Labute approximate surface area is 159 Å². The third kappa shape index (κ3) is 4.60. The van der Waals surface area contributed by atoms with Crippen molar-refractivity contribution in [2.75, 3.05) is 14.2 Å². The molecule has 2 rings (SSSR count). The van der Waals surface area contributed by atoms with E-state index in [1.165, 1.54) is 27.2 Å². The van der Waals surface area contributed by atoms with E-state index >= 15 is 0 Å². The van der Waals surface area contributed by atoms with E-state index in [9.17, 15) is 14.7 Å². The summed E-state index contributed by atoms with van der Waals surface area (Å²) in [7, 11) is 1.08. The number of hydrogen-bond donors (Lipinski definition) is 1. The predicted molar refractivity (Wildman–Crippen MR) is 105 cm³/mol. The molecule has 0 aliphatic heterocycles. The number of rotatable bonds is 3. The number of ether oxygens (including phenoxy) is 3. The first kappa shape index (κ1) is 20.3. The maximum absolute atomic E-state index is 12.1. The van der Waals surface area contributed by atoms with Crippen LogP contribution in [0.5, 0.6) is 17.2 Å². The molecule has 0 aliphatic carbocycles. The molecule has 0 heterocycles. The second-order valence-corrected chi connectivity index (χ2v) is 11.7. The normalized spacial score (nSPS) is 10.7. The Balaban J connectivity index is 2.85. The molecule has 2 aromatic carbocycles. The number of benzene rings is 2. The fraction of sp³-hybridized carbons (Fsp3) is 0.300. The van der Waals surface area contributed by atoms with Gasteiger partial charge in [-0.2, -0.15) is 0 Å². The summed E-state index contributed by atoms with van der Waals surface area (Å²) in [5.41, 5.74) is 3.69. The van der Waals surface area contributed by atoms with Gasteiger partial charge in [0.05, 0.1) is 19.8 Å². The highest BCUT2D eigenvalue weighted by Crippen LogP contribution is 2.40. The maximum Gasteiger partial charge on any atom is 0.345 e. The Morgan fingerprint density at radius 1 is 1.11 bits per heavy atom. The van der Waals surface area contributed by atoms with Crippen LogP contribution in [0.15, 0.2) is 18.2 Å². The monoisotopic (exact) mass is 386 g/mol. The van der Waals surface area contributed by atoms with Crippen molar-refractivity contribution >= 4 is 30.8 Å². The van der Waals surface area contributed by atoms with Crippen LogP contribution in [-0.2, 0) is 9.53 Å². The highest BCUT2D eigenvalue weighted by molar-refractivity contribution is 6.83. The molecule has 0 aliphatic rings. The lowest BCUT2D eigenvalue weighted by Crippen LogP contribution is -2.16. The van der Waals surface area contributed by atoms with Crippen LogP contribution in [-0.4, -0.2) is 39.3 Å². The lowest BCUT2D eigenvalue weighted by atomic mass is 10.0. The summed E-state index contributed by atoms with van der Waals surface area (Å²) in [4.78, 5) is 23.7. The van der Waals surface area contributed by atoms with E-state index in [4.69, 9.17) is 14.2 Å². The van der Waals surface area contributed by atoms with E-state index in [2.05, 4.69) is 31.1 Å². The average molecular weight is 386 g/mol. The van der Waals surface area contributed by atoms with Crippen molar-refractivity contribution in [3.63, 3.8) is 0 Å². The Bertz CT molecular complexity index is 976. The van der Waals surface area contributed by atoms with Gasteiger partial charge in [-0.25, -0.2) is 4.79 Å². The topological polar surface area (TPSA) is 82.1 Å². The van der Waals surface area contributed by atoms with Gasteiger partial charge in [0.25, 0.3) is 0 Å². The fourth-order valence-electron chi connectivity index (χ4n) is 2.45. The van der Waals surface area contributed by atoms with Gasteiger partial charge in [-0.1, -0.05) is 25.6 Å². The van der Waals surface area contributed by atoms with Gasteiger partial charge in [-0.05, 0) is 23.6 Å². The van der Waals surface area contributed by atoms with Crippen LogP contribution < -0.4 is 9.47 Å². The van der Waals surface area contributed by atoms with E-state index < -0.39 is 20.0 Å². The molecule has 0 saturated heterocycles. The minimum absolute atomic E-state index is 0.0765. The number of carbonyl (C=O) groups is 2. The van der Waals surface area contributed by atoms with E-state index in [-0.39, 0.29) is 17.1 Å². The number of hydrogen-bond acceptors (Lipinski definition) is 6. The highest BCUT2D eigenvalue weighted by Gasteiger charge is 2.24. The zero-order valence-corrected chi connectivity index (χ0v) is 17.2. The quantitative estimate of drug-likeness (QED) is 0.376. The van der Waals surface area contributed by atoms with E-state index in [1.807, 2.05) is 0 Å². The van der Waals surface area contributed by atoms with Gasteiger partial charge in [0, 0.05) is 12.3 Å². The molecule has 0 fully saturated rings. The van der Waals surface area contributed by atoms with Gasteiger partial charge < -0.3 is 19.3 Å². The number of fused-ring (bicyclic) bond motifs is 1. The van der Waals surface area contributed by atoms with Crippen molar-refractivity contribution in [3.8, 4) is 28.7 Å². The van der Waals surface area contributed by atoms with E-state index in [0.29, 0.717) is 22.1 Å². The zero-order chi connectivity index (χ0) is 20.4. The van der Waals surface area contributed by atoms with Gasteiger partial charge in [-0.3, -0.25) is 4.79 Å². The number of phenolic OH excluding ortho intramolecular Hbond substituents is 1. The van der Waals surface area contributed by atoms with Gasteiger partial charge in [-0.15, -0.1) is 5.54 Å². The number of methoxy groups -OCH3 is 2. The molecule has 6 nitrogen and oxygen atoms in total. The van der Waals surface area contributed by atoms with E-state index in [0.717, 1.165) is 0 Å². The first-order chi connectivity index (χ1) is 12.6. The standard InChI is InChI=1S/C20H22O6Si/c1-12(21)26-19-15-11-17(24-2)13(7-8-27(4,5)6)9-14(15)10-16(22)18(19)20(23)25-3/h9-11,22H,1-6H3. The molecular weight excluding hydrogens is 364 g/mol. The third-order valence-electron chi connectivity index (χ3n) is 3.60. The minimum Gasteiger partial charge on any atom is -0.507 e. The number of aromatic hydroxyl groups is 1. The van der Waals surface area contributed by atoms with Crippen LogP contribution in [0.2, 0.25) is 19.6 Å². The smallest absolute Gasteiger partial charge is 0.345 e. The van der Waals surface area contributed by atoms with Crippen molar-refractivity contribution in [3.05, 3.63) is 29.3 Å². The first-order valence-corrected chi connectivity index (χ1v) is 11.7. The molecule has 1 N–H and O–H groups in total. The van der Waals surface area contributed by atoms with Crippen LogP contribution in [0.25, 0.3) is 10.8 Å². The summed E-state index contributed by atoms with van der Waals surface area (Å²) in [5.74, 6) is 1.74. The molecule has 0 spiro atoms. The summed E-state index contributed by atoms with van der Waals surface area (Å²) < 4.78 is 15.4. The third-order valence-corrected chi connectivity index (χ3v) is 4.47. The number of esters is 2. The Kier molecular flexibility index (Phi) is 5.81. The van der Waals surface area contributed by atoms with Crippen LogP contribution in [0.3, 0.4) is 0 Å². The lowest BCUT2D eigenvalue weighted by Gasteiger charge is -2.15. The first-order valence-electron chi connectivity index (χ1n) is 8.25. The summed E-state index contributed by atoms with van der Waals surface area (Å²) in [6.45, 7) is 7.59. The summed E-state index contributed by atoms with van der Waals surface area (Å²) >= 11 is 0. The van der Waals surface area contributed by atoms with Crippen LogP contribution in [0.1, 0.15) is 22.8 Å². The second-order valence-electron chi connectivity index (χ2n) is 6.96. The second kappa shape index (κ2) is 7.72. The molecule has 0 radical (unpaired) electrons. The molecular formula is C20H22O6Si. The van der Waals surface area contributed by atoms with Gasteiger partial charge >= 0.3 is 11.9 Å². The molecule has 7 heteroatoms. The predicted octanol–water partition coefficient (Wildman–Crippen LogP) is 3.49. The van der Waals surface area contributed by atoms with Crippen LogP contribution >= 0.6 is 0 Å². The zero-order valence-electron chi connectivity index (χ0n) is 16.2. The molecule has 0 amide bonds. The van der Waals surface area contributed by atoms with Gasteiger partial charge in [0.1, 0.15) is 25.1 Å². The minimum atomic E-state index is -1.61. The molecule has 142 valence electrons. The Hall–Kier alpha value is -2.98. The van der Waals surface area contributed by atoms with Crippen molar-refractivity contribution in [1.82, 2.24) is 0 Å². The maximum atomic E-state index is 12.1. The summed E-state index contributed by atoms with van der Waals surface area (Å²) in [6.07, 6.45) is 0. The largest absolute Gasteiger partial charge is 0.507 e. The highest BCUT2D eigenvalue weighted by atomic mass is 28.3. The molecule has 0 aromatic heterocycles. The van der Waals surface area contributed by atoms with Crippen molar-refractivity contribution in [1.29, 1.82) is 0 Å². The average Bonchev–Trinajstić information content (AvgIpc) is 2.57. The van der Waals surface area contributed by atoms with Crippen molar-refractivity contribution in [2.45, 2.75) is 26.6 Å².